The molecule has 1 saturated heterocycles. The number of amides is 2. The maximum absolute atomic E-state index is 12.1. The Morgan fingerprint density at radius 2 is 2.17 bits per heavy atom. The van der Waals surface area contributed by atoms with Gasteiger partial charge in [0.1, 0.15) is 6.04 Å². The highest BCUT2D eigenvalue weighted by atomic mass is 16.5. The molecule has 0 spiro atoms. The molecule has 2 unspecified atom stereocenters. The number of carbonyl (C=O) groups is 2. The van der Waals surface area contributed by atoms with Crippen LogP contribution < -0.4 is 11.1 Å². The molecule has 1 fully saturated rings. The summed E-state index contributed by atoms with van der Waals surface area (Å²) in [7, 11) is 0. The molecule has 1 rings (SSSR count). The van der Waals surface area contributed by atoms with Gasteiger partial charge in [0, 0.05) is 12.6 Å². The Kier molecular flexibility index (Phi) is 5.55. The molecule has 0 aromatic carbocycles. The van der Waals surface area contributed by atoms with Gasteiger partial charge in [-0.2, -0.15) is 0 Å². The number of nitrogens with two attached hydrogens (primary N) is 1. The number of rotatable bonds is 4. The zero-order chi connectivity index (χ0) is 13.7. The van der Waals surface area contributed by atoms with E-state index >= 15 is 0 Å². The van der Waals surface area contributed by atoms with Crippen molar-refractivity contribution < 1.29 is 14.3 Å². The fourth-order valence-corrected chi connectivity index (χ4v) is 1.85. The summed E-state index contributed by atoms with van der Waals surface area (Å²) in [6, 6.07) is -1.07. The lowest BCUT2D eigenvalue weighted by Gasteiger charge is -2.36. The number of hydrogen-bond donors (Lipinski definition) is 2. The van der Waals surface area contributed by atoms with E-state index in [1.165, 1.54) is 4.90 Å². The van der Waals surface area contributed by atoms with E-state index < -0.39 is 12.1 Å². The third-order valence-electron chi connectivity index (χ3n) is 2.90. The second-order valence-electron chi connectivity index (χ2n) is 4.80. The third kappa shape index (κ3) is 3.68. The van der Waals surface area contributed by atoms with E-state index in [2.05, 4.69) is 5.32 Å². The van der Waals surface area contributed by atoms with Gasteiger partial charge in [-0.25, -0.2) is 0 Å². The quantitative estimate of drug-likeness (QED) is 0.709. The molecule has 3 N–H and O–H groups in total. The molecule has 2 amide bonds. The lowest BCUT2D eigenvalue weighted by molar-refractivity contribution is -0.149. The third-order valence-corrected chi connectivity index (χ3v) is 2.90. The summed E-state index contributed by atoms with van der Waals surface area (Å²) >= 11 is 0. The molecule has 0 saturated carbocycles. The van der Waals surface area contributed by atoms with Gasteiger partial charge in [0.2, 0.25) is 11.8 Å². The van der Waals surface area contributed by atoms with Crippen molar-refractivity contribution >= 4 is 11.8 Å². The lowest BCUT2D eigenvalue weighted by atomic mass is 10.1. The summed E-state index contributed by atoms with van der Waals surface area (Å²) in [4.78, 5) is 25.6. The molecule has 0 aromatic heterocycles. The van der Waals surface area contributed by atoms with Crippen molar-refractivity contribution in [2.75, 3.05) is 19.8 Å². The average Bonchev–Trinajstić information content (AvgIpc) is 2.36. The topological polar surface area (TPSA) is 84.7 Å². The van der Waals surface area contributed by atoms with E-state index in [0.29, 0.717) is 19.6 Å². The van der Waals surface area contributed by atoms with Crippen LogP contribution in [-0.4, -0.2) is 54.6 Å². The number of nitrogens with zero attached hydrogens (tertiary/aromatic N) is 1. The van der Waals surface area contributed by atoms with Crippen molar-refractivity contribution in [1.82, 2.24) is 10.2 Å². The standard InChI is InChI=1S/C12H23N3O3/c1-4-9(13)12(17)15-5-6-18-7-10(15)11(16)14-8(2)3/h8-10H,4-7,13H2,1-3H3,(H,14,16). The first-order chi connectivity index (χ1) is 8.47. The molecule has 104 valence electrons. The van der Waals surface area contributed by atoms with Gasteiger partial charge < -0.3 is 20.7 Å². The predicted octanol–water partition coefficient (Wildman–Crippen LogP) is -0.524. The van der Waals surface area contributed by atoms with Gasteiger partial charge in [0.25, 0.3) is 0 Å². The zero-order valence-corrected chi connectivity index (χ0v) is 11.3. The number of hydrogen-bond acceptors (Lipinski definition) is 4. The lowest BCUT2D eigenvalue weighted by Crippen LogP contribution is -2.59. The largest absolute Gasteiger partial charge is 0.377 e. The van der Waals surface area contributed by atoms with Gasteiger partial charge in [-0.3, -0.25) is 9.59 Å². The second-order valence-corrected chi connectivity index (χ2v) is 4.80. The first-order valence-electron chi connectivity index (χ1n) is 6.41. The monoisotopic (exact) mass is 257 g/mol. The zero-order valence-electron chi connectivity index (χ0n) is 11.3. The van der Waals surface area contributed by atoms with E-state index in [4.69, 9.17) is 10.5 Å². The second kappa shape index (κ2) is 6.70. The highest BCUT2D eigenvalue weighted by molar-refractivity contribution is 5.90. The van der Waals surface area contributed by atoms with E-state index in [1.807, 2.05) is 20.8 Å². The van der Waals surface area contributed by atoms with Crippen LogP contribution in [0.25, 0.3) is 0 Å². The SMILES string of the molecule is CCC(N)C(=O)N1CCOCC1C(=O)NC(C)C. The van der Waals surface area contributed by atoms with Crippen molar-refractivity contribution in [2.24, 2.45) is 5.73 Å². The normalized spacial score (nSPS) is 21.8. The fourth-order valence-electron chi connectivity index (χ4n) is 1.85. The highest BCUT2D eigenvalue weighted by Crippen LogP contribution is 2.10. The van der Waals surface area contributed by atoms with Crippen LogP contribution in [0.4, 0.5) is 0 Å². The summed E-state index contributed by atoms with van der Waals surface area (Å²) in [6.07, 6.45) is 0.564. The molecule has 0 aromatic rings. The number of nitrogens with one attached hydrogen (secondary N) is 1. The average molecular weight is 257 g/mol. The Bertz CT molecular complexity index is 307. The fraction of sp³-hybridized carbons (Fsp3) is 0.833. The molecule has 6 nitrogen and oxygen atoms in total. The Morgan fingerprint density at radius 1 is 1.50 bits per heavy atom. The molecule has 6 heteroatoms. The maximum atomic E-state index is 12.1. The van der Waals surface area contributed by atoms with Gasteiger partial charge in [0.15, 0.2) is 0 Å². The van der Waals surface area contributed by atoms with Gasteiger partial charge in [0.05, 0.1) is 19.3 Å². The molecule has 0 aliphatic carbocycles. The molecule has 1 aliphatic heterocycles. The molecule has 0 radical (unpaired) electrons. The van der Waals surface area contributed by atoms with Crippen molar-refractivity contribution in [2.45, 2.75) is 45.3 Å². The Balaban J connectivity index is 2.73. The minimum absolute atomic E-state index is 0.0382. The smallest absolute Gasteiger partial charge is 0.245 e. The van der Waals surface area contributed by atoms with Crippen LogP contribution in [0.15, 0.2) is 0 Å². The number of morpholine rings is 1. The summed E-state index contributed by atoms with van der Waals surface area (Å²) < 4.78 is 5.28. The molecule has 1 aliphatic rings. The Morgan fingerprint density at radius 3 is 2.72 bits per heavy atom. The van der Waals surface area contributed by atoms with E-state index in [0.717, 1.165) is 0 Å². The minimum atomic E-state index is -0.564. The summed E-state index contributed by atoms with van der Waals surface area (Å²) in [5.74, 6) is -0.356. The van der Waals surface area contributed by atoms with Crippen molar-refractivity contribution in [3.05, 3.63) is 0 Å². The molecule has 0 bridgehead atoms. The highest BCUT2D eigenvalue weighted by Gasteiger charge is 2.34. The van der Waals surface area contributed by atoms with Crippen LogP contribution in [0.1, 0.15) is 27.2 Å². The van der Waals surface area contributed by atoms with Crippen molar-refractivity contribution in [1.29, 1.82) is 0 Å². The van der Waals surface area contributed by atoms with Crippen LogP contribution in [0.3, 0.4) is 0 Å². The summed E-state index contributed by atoms with van der Waals surface area (Å²) in [6.45, 7) is 6.72. The minimum Gasteiger partial charge on any atom is -0.377 e. The van der Waals surface area contributed by atoms with Gasteiger partial charge in [-0.15, -0.1) is 0 Å². The molecule has 2 atom stereocenters. The Hall–Kier alpha value is -1.14. The van der Waals surface area contributed by atoms with Crippen LogP contribution >= 0.6 is 0 Å². The molecule has 1 heterocycles. The molecular weight excluding hydrogens is 234 g/mol. The van der Waals surface area contributed by atoms with Crippen LogP contribution in [0.2, 0.25) is 0 Å². The molecule has 18 heavy (non-hydrogen) atoms. The van der Waals surface area contributed by atoms with Crippen LogP contribution in [0.5, 0.6) is 0 Å². The number of ether oxygens (including phenoxy) is 1. The van der Waals surface area contributed by atoms with Crippen LogP contribution in [0, 0.1) is 0 Å². The number of carbonyl (C=O) groups excluding carboxylic acids is 2. The van der Waals surface area contributed by atoms with Gasteiger partial charge in [-0.05, 0) is 20.3 Å². The van der Waals surface area contributed by atoms with E-state index in [9.17, 15) is 9.59 Å². The summed E-state index contributed by atoms with van der Waals surface area (Å²) in [5.41, 5.74) is 5.75. The first-order valence-corrected chi connectivity index (χ1v) is 6.41. The predicted molar refractivity (Wildman–Crippen MR) is 67.9 cm³/mol. The van der Waals surface area contributed by atoms with Crippen LogP contribution in [-0.2, 0) is 14.3 Å². The molecular formula is C12H23N3O3. The maximum Gasteiger partial charge on any atom is 0.245 e. The Labute approximate surface area is 108 Å². The van der Waals surface area contributed by atoms with Gasteiger partial charge in [-0.1, -0.05) is 6.92 Å². The van der Waals surface area contributed by atoms with E-state index in [-0.39, 0.29) is 24.5 Å². The van der Waals surface area contributed by atoms with E-state index in [1.54, 1.807) is 0 Å². The summed E-state index contributed by atoms with van der Waals surface area (Å²) in [5, 5.41) is 2.80. The van der Waals surface area contributed by atoms with Crippen molar-refractivity contribution in [3.63, 3.8) is 0 Å². The van der Waals surface area contributed by atoms with Crippen molar-refractivity contribution in [3.8, 4) is 0 Å². The first kappa shape index (κ1) is 14.9. The van der Waals surface area contributed by atoms with Gasteiger partial charge >= 0.3 is 0 Å².